The summed E-state index contributed by atoms with van der Waals surface area (Å²) in [6.45, 7) is 4.40. The van der Waals surface area contributed by atoms with E-state index in [2.05, 4.69) is 13.8 Å². The molecule has 0 aliphatic heterocycles. The first kappa shape index (κ1) is 27.9. The van der Waals surface area contributed by atoms with Crippen LogP contribution in [0.2, 0.25) is 0 Å². The van der Waals surface area contributed by atoms with E-state index in [1.807, 2.05) is 0 Å². The van der Waals surface area contributed by atoms with Crippen molar-refractivity contribution in [3.63, 3.8) is 0 Å². The Balaban J connectivity index is 3.81. The van der Waals surface area contributed by atoms with Crippen molar-refractivity contribution in [2.75, 3.05) is 0 Å². The summed E-state index contributed by atoms with van der Waals surface area (Å²) in [4.78, 5) is -1.95. The summed E-state index contributed by atoms with van der Waals surface area (Å²) in [5.74, 6) is 0. The largest absolute Gasteiger partial charge is 0.372 e. The van der Waals surface area contributed by atoms with E-state index >= 15 is 0 Å². The zero-order valence-electron chi connectivity index (χ0n) is 18.8. The van der Waals surface area contributed by atoms with Crippen molar-refractivity contribution in [1.82, 2.24) is 0 Å². The molecule has 0 aliphatic rings. The Labute approximate surface area is 175 Å². The zero-order chi connectivity index (χ0) is 21.1. The summed E-state index contributed by atoms with van der Waals surface area (Å²) < 4.78 is 32.8. The fourth-order valence-corrected chi connectivity index (χ4v) is 4.61. The molecule has 0 rings (SSSR count). The summed E-state index contributed by atoms with van der Waals surface area (Å²) in [7, 11) is -4.42. The van der Waals surface area contributed by atoms with E-state index in [0.29, 0.717) is 12.8 Å². The molecule has 28 heavy (non-hydrogen) atoms. The van der Waals surface area contributed by atoms with Crippen molar-refractivity contribution >= 4 is 10.1 Å². The third-order valence-corrected chi connectivity index (χ3v) is 7.19. The van der Waals surface area contributed by atoms with Gasteiger partial charge in [-0.1, -0.05) is 117 Å². The van der Waals surface area contributed by atoms with Gasteiger partial charge in [0.25, 0.3) is 10.1 Å². The predicted molar refractivity (Wildman–Crippen MR) is 120 cm³/mol. The van der Waals surface area contributed by atoms with Crippen molar-refractivity contribution in [3.8, 4) is 0 Å². The van der Waals surface area contributed by atoms with E-state index < -0.39 is 15.1 Å². The van der Waals surface area contributed by atoms with Crippen molar-refractivity contribution in [2.45, 2.75) is 147 Å². The minimum absolute atomic E-state index is 0.149. The number of hydrogen-bond acceptors (Lipinski definition) is 3. The zero-order valence-corrected chi connectivity index (χ0v) is 19.6. The van der Waals surface area contributed by atoms with Crippen molar-refractivity contribution in [2.24, 2.45) is 0 Å². The third kappa shape index (κ3) is 14.8. The molecule has 1 unspecified atom stereocenters. The van der Waals surface area contributed by atoms with Crippen LogP contribution in [0.5, 0.6) is 0 Å². The van der Waals surface area contributed by atoms with Crippen molar-refractivity contribution < 1.29 is 18.1 Å². The molecule has 4 nitrogen and oxygen atoms in total. The molecule has 0 aliphatic carbocycles. The summed E-state index contributed by atoms with van der Waals surface area (Å²) in [6, 6.07) is 0. The molecule has 0 aromatic heterocycles. The van der Waals surface area contributed by atoms with E-state index in [1.165, 1.54) is 70.6 Å². The Kier molecular flexibility index (Phi) is 17.6. The molecule has 0 saturated heterocycles. The second kappa shape index (κ2) is 17.7. The lowest BCUT2D eigenvalue weighted by Crippen LogP contribution is -2.38. The minimum Gasteiger partial charge on any atom is -0.372 e. The summed E-state index contributed by atoms with van der Waals surface area (Å²) >= 11 is 0. The summed E-state index contributed by atoms with van der Waals surface area (Å²) in [5, 5.41) is 10.5. The lowest BCUT2D eigenvalue weighted by molar-refractivity contribution is 0.0884. The van der Waals surface area contributed by atoms with Gasteiger partial charge in [-0.05, 0) is 25.7 Å². The number of hydrogen-bond donors (Lipinski definition) is 2. The Morgan fingerprint density at radius 3 is 1.04 bits per heavy atom. The maximum atomic E-state index is 11.7. The van der Waals surface area contributed by atoms with Gasteiger partial charge in [0.2, 0.25) is 0 Å². The van der Waals surface area contributed by atoms with Gasteiger partial charge in [-0.15, -0.1) is 0 Å². The quantitative estimate of drug-likeness (QED) is 0.150. The van der Waals surface area contributed by atoms with E-state index in [9.17, 15) is 18.1 Å². The van der Waals surface area contributed by atoms with Gasteiger partial charge in [0, 0.05) is 0 Å². The summed E-state index contributed by atoms with van der Waals surface area (Å²) in [5.41, 5.74) is 0. The lowest BCUT2D eigenvalue weighted by Gasteiger charge is -2.24. The second-order valence-corrected chi connectivity index (χ2v) is 10.3. The number of aliphatic hydroxyl groups is 1. The molecular formula is C23H48O4S. The monoisotopic (exact) mass is 420 g/mol. The Bertz CT molecular complexity index is 436. The molecule has 0 saturated carbocycles. The van der Waals surface area contributed by atoms with E-state index in [1.54, 1.807) is 0 Å². The van der Waals surface area contributed by atoms with Gasteiger partial charge in [-0.3, -0.25) is 4.55 Å². The SMILES string of the molecule is CCCCCCCCCCCCCCC(O)(CCCCCCCC)S(=O)(=O)O. The van der Waals surface area contributed by atoms with Crippen LogP contribution in [0, 0.1) is 0 Å². The van der Waals surface area contributed by atoms with Gasteiger partial charge in [0.05, 0.1) is 0 Å². The second-order valence-electron chi connectivity index (χ2n) is 8.58. The fraction of sp³-hybridized carbons (Fsp3) is 1.00. The van der Waals surface area contributed by atoms with Crippen LogP contribution in [0.4, 0.5) is 0 Å². The van der Waals surface area contributed by atoms with E-state index in [-0.39, 0.29) is 12.8 Å². The Hall–Kier alpha value is -0.130. The van der Waals surface area contributed by atoms with E-state index in [4.69, 9.17) is 0 Å². The first-order valence-electron chi connectivity index (χ1n) is 12.1. The molecular weight excluding hydrogens is 372 g/mol. The molecule has 2 N–H and O–H groups in total. The summed E-state index contributed by atoms with van der Waals surface area (Å²) in [6.07, 6.45) is 20.9. The maximum absolute atomic E-state index is 11.7. The molecule has 0 radical (unpaired) electrons. The Morgan fingerprint density at radius 2 is 0.786 bits per heavy atom. The lowest BCUT2D eigenvalue weighted by atomic mass is 10.0. The van der Waals surface area contributed by atoms with Gasteiger partial charge in [-0.2, -0.15) is 8.42 Å². The predicted octanol–water partition coefficient (Wildman–Crippen LogP) is 7.40. The molecule has 1 atom stereocenters. The number of rotatable bonds is 21. The highest BCUT2D eigenvalue weighted by atomic mass is 32.2. The highest BCUT2D eigenvalue weighted by molar-refractivity contribution is 7.87. The molecule has 5 heteroatoms. The molecule has 0 bridgehead atoms. The van der Waals surface area contributed by atoms with Crippen LogP contribution in [0.25, 0.3) is 0 Å². The Morgan fingerprint density at radius 1 is 0.536 bits per heavy atom. The molecule has 0 amide bonds. The first-order chi connectivity index (χ1) is 13.4. The van der Waals surface area contributed by atoms with Crippen LogP contribution < -0.4 is 0 Å². The van der Waals surface area contributed by atoms with Crippen LogP contribution in [0.3, 0.4) is 0 Å². The van der Waals surface area contributed by atoms with Gasteiger partial charge in [0.1, 0.15) is 0 Å². The molecule has 0 aromatic carbocycles. The van der Waals surface area contributed by atoms with Crippen LogP contribution in [0.1, 0.15) is 142 Å². The third-order valence-electron chi connectivity index (χ3n) is 5.82. The highest BCUT2D eigenvalue weighted by Crippen LogP contribution is 2.28. The van der Waals surface area contributed by atoms with Gasteiger partial charge in [0.15, 0.2) is 4.93 Å². The molecule has 0 spiro atoms. The topological polar surface area (TPSA) is 74.6 Å². The molecule has 0 heterocycles. The van der Waals surface area contributed by atoms with Gasteiger partial charge >= 0.3 is 0 Å². The normalized spacial score (nSPS) is 14.3. The number of unbranched alkanes of at least 4 members (excludes halogenated alkanes) is 16. The minimum atomic E-state index is -4.42. The molecule has 0 fully saturated rings. The van der Waals surface area contributed by atoms with Crippen molar-refractivity contribution in [1.29, 1.82) is 0 Å². The average Bonchev–Trinajstić information content (AvgIpc) is 2.64. The van der Waals surface area contributed by atoms with E-state index in [0.717, 1.165) is 32.1 Å². The van der Waals surface area contributed by atoms with Crippen LogP contribution in [-0.2, 0) is 10.1 Å². The maximum Gasteiger partial charge on any atom is 0.294 e. The standard InChI is InChI=1S/C23H48O4S/c1-3-5-7-9-11-12-13-14-15-16-18-20-22-23(24,28(25,26)27)21-19-17-10-8-6-4-2/h24H,3-22H2,1-2H3,(H,25,26,27). The van der Waals surface area contributed by atoms with Crippen LogP contribution in [0.15, 0.2) is 0 Å². The highest BCUT2D eigenvalue weighted by Gasteiger charge is 2.39. The van der Waals surface area contributed by atoms with Gasteiger partial charge in [-0.25, -0.2) is 0 Å². The molecule has 0 aromatic rings. The van der Waals surface area contributed by atoms with Crippen LogP contribution in [-0.4, -0.2) is 23.0 Å². The smallest absolute Gasteiger partial charge is 0.294 e. The van der Waals surface area contributed by atoms with Crippen LogP contribution >= 0.6 is 0 Å². The van der Waals surface area contributed by atoms with Gasteiger partial charge < -0.3 is 5.11 Å². The van der Waals surface area contributed by atoms with Crippen molar-refractivity contribution in [3.05, 3.63) is 0 Å². The molecule has 170 valence electrons. The fourth-order valence-electron chi connectivity index (χ4n) is 3.81. The average molecular weight is 421 g/mol. The first-order valence-corrected chi connectivity index (χ1v) is 13.5.